The van der Waals surface area contributed by atoms with Crippen LogP contribution in [0.4, 0.5) is 16.4 Å². The number of nitrogens with zero attached hydrogens (tertiary/aromatic N) is 2. The lowest BCUT2D eigenvalue weighted by Crippen LogP contribution is -2.38. The third-order valence-electron chi connectivity index (χ3n) is 6.23. The number of rotatable bonds is 7. The van der Waals surface area contributed by atoms with Crippen LogP contribution in [0, 0.1) is 13.8 Å². The number of anilines is 2. The maximum Gasteiger partial charge on any atom is 0.407 e. The van der Waals surface area contributed by atoms with Crippen molar-refractivity contribution in [2.24, 2.45) is 0 Å². The Morgan fingerprint density at radius 2 is 1.72 bits per heavy atom. The van der Waals surface area contributed by atoms with Crippen molar-refractivity contribution in [2.45, 2.75) is 76.5 Å². The standard InChI is InChI=1S/C28H35N5O5S/c1-17-8-6-9-18(2)25(17)23-16-24(37-21-13-12-20(15-21)30-27(34)38-28(3,4)5)32-26(31-23)33-39(35,36)22-11-7-10-19(29)14-22/h6-11,14,16,20-21H,12-13,15,29H2,1-5H3,(H,30,34)(H,31,32,33). The number of alkyl carbamates (subject to hydrolysis) is 1. The van der Waals surface area contributed by atoms with Gasteiger partial charge in [-0.1, -0.05) is 24.3 Å². The average molecular weight is 554 g/mol. The van der Waals surface area contributed by atoms with Gasteiger partial charge in [-0.15, -0.1) is 0 Å². The highest BCUT2D eigenvalue weighted by Crippen LogP contribution is 2.31. The van der Waals surface area contributed by atoms with Crippen molar-refractivity contribution in [2.75, 3.05) is 10.5 Å². The van der Waals surface area contributed by atoms with Gasteiger partial charge < -0.3 is 20.5 Å². The van der Waals surface area contributed by atoms with E-state index in [4.69, 9.17) is 15.2 Å². The summed E-state index contributed by atoms with van der Waals surface area (Å²) >= 11 is 0. The van der Waals surface area contributed by atoms with Gasteiger partial charge in [-0.3, -0.25) is 0 Å². The molecule has 208 valence electrons. The van der Waals surface area contributed by atoms with Gasteiger partial charge in [0.05, 0.1) is 10.6 Å². The number of hydrogen-bond acceptors (Lipinski definition) is 8. The van der Waals surface area contributed by atoms with Crippen LogP contribution < -0.4 is 20.5 Å². The molecule has 1 heterocycles. The molecule has 3 aromatic rings. The van der Waals surface area contributed by atoms with Crippen molar-refractivity contribution in [1.82, 2.24) is 15.3 Å². The van der Waals surface area contributed by atoms with Crippen LogP contribution in [0.3, 0.4) is 0 Å². The Labute approximate surface area is 229 Å². The molecule has 0 bridgehead atoms. The van der Waals surface area contributed by atoms with Crippen LogP contribution in [-0.2, 0) is 14.8 Å². The third kappa shape index (κ3) is 7.38. The summed E-state index contributed by atoms with van der Waals surface area (Å²) in [5, 5.41) is 2.89. The number of aryl methyl sites for hydroxylation is 2. The number of amides is 1. The van der Waals surface area contributed by atoms with Gasteiger partial charge in [0, 0.05) is 29.8 Å². The number of carbonyl (C=O) groups excluding carboxylic acids is 1. The fourth-order valence-electron chi connectivity index (χ4n) is 4.56. The molecule has 1 aliphatic rings. The van der Waals surface area contributed by atoms with Gasteiger partial charge in [-0.25, -0.2) is 22.9 Å². The number of carbonyl (C=O) groups is 1. The molecule has 2 aromatic carbocycles. The van der Waals surface area contributed by atoms with E-state index >= 15 is 0 Å². The molecule has 4 rings (SSSR count). The summed E-state index contributed by atoms with van der Waals surface area (Å²) in [6.07, 6.45) is 1.27. The molecule has 1 aromatic heterocycles. The van der Waals surface area contributed by atoms with E-state index in [-0.39, 0.29) is 28.9 Å². The largest absolute Gasteiger partial charge is 0.474 e. The second-order valence-electron chi connectivity index (χ2n) is 10.8. The van der Waals surface area contributed by atoms with E-state index in [0.717, 1.165) is 16.7 Å². The molecule has 1 aliphatic carbocycles. The van der Waals surface area contributed by atoms with E-state index in [1.165, 1.54) is 12.1 Å². The van der Waals surface area contributed by atoms with E-state index < -0.39 is 21.7 Å². The third-order valence-corrected chi connectivity index (χ3v) is 7.55. The molecule has 1 saturated carbocycles. The molecular formula is C28H35N5O5S. The van der Waals surface area contributed by atoms with E-state index in [9.17, 15) is 13.2 Å². The normalized spacial score (nSPS) is 17.5. The monoisotopic (exact) mass is 553 g/mol. The quantitative estimate of drug-likeness (QED) is 0.348. The van der Waals surface area contributed by atoms with Crippen LogP contribution in [0.5, 0.6) is 5.88 Å². The molecule has 10 nitrogen and oxygen atoms in total. The minimum absolute atomic E-state index is 0.00195. The topological polar surface area (TPSA) is 146 Å². The second kappa shape index (κ2) is 11.1. The lowest BCUT2D eigenvalue weighted by Gasteiger charge is -2.21. The molecule has 0 saturated heterocycles. The smallest absolute Gasteiger partial charge is 0.407 e. The van der Waals surface area contributed by atoms with Crippen molar-refractivity contribution in [3.05, 3.63) is 59.7 Å². The predicted octanol–water partition coefficient (Wildman–Crippen LogP) is 4.97. The summed E-state index contributed by atoms with van der Waals surface area (Å²) in [5.41, 5.74) is 8.88. The number of ether oxygens (including phenoxy) is 2. The van der Waals surface area contributed by atoms with Crippen LogP contribution in [0.15, 0.2) is 53.4 Å². The number of hydrogen-bond donors (Lipinski definition) is 3. The van der Waals surface area contributed by atoms with Gasteiger partial charge in [-0.05, 0) is 76.8 Å². The first-order chi connectivity index (χ1) is 18.3. The zero-order valence-corrected chi connectivity index (χ0v) is 23.6. The number of nitrogens with one attached hydrogen (secondary N) is 2. The Balaban J connectivity index is 1.60. The van der Waals surface area contributed by atoms with Crippen molar-refractivity contribution < 1.29 is 22.7 Å². The SMILES string of the molecule is Cc1cccc(C)c1-c1cc(OC2CCC(NC(=O)OC(C)(C)C)C2)nc(NS(=O)(=O)c2cccc(N)c2)n1. The summed E-state index contributed by atoms with van der Waals surface area (Å²) < 4.78 is 40.2. The summed E-state index contributed by atoms with van der Waals surface area (Å²) in [6, 6.07) is 13.5. The van der Waals surface area contributed by atoms with Crippen LogP contribution in [0.25, 0.3) is 11.3 Å². The van der Waals surface area contributed by atoms with Gasteiger partial charge >= 0.3 is 6.09 Å². The second-order valence-corrected chi connectivity index (χ2v) is 12.4. The van der Waals surface area contributed by atoms with E-state index in [2.05, 4.69) is 20.0 Å². The van der Waals surface area contributed by atoms with Crippen molar-refractivity contribution in [3.63, 3.8) is 0 Å². The molecule has 0 radical (unpaired) electrons. The highest BCUT2D eigenvalue weighted by molar-refractivity contribution is 7.92. The molecule has 11 heteroatoms. The van der Waals surface area contributed by atoms with Gasteiger partial charge in [0.25, 0.3) is 10.0 Å². The van der Waals surface area contributed by atoms with E-state index in [1.54, 1.807) is 18.2 Å². The zero-order chi connectivity index (χ0) is 28.4. The Hall–Kier alpha value is -3.86. The highest BCUT2D eigenvalue weighted by Gasteiger charge is 2.30. The van der Waals surface area contributed by atoms with E-state index in [1.807, 2.05) is 52.8 Å². The predicted molar refractivity (Wildman–Crippen MR) is 150 cm³/mol. The summed E-state index contributed by atoms with van der Waals surface area (Å²) in [5.74, 6) is 0.116. The van der Waals surface area contributed by atoms with Gasteiger partial charge in [0.1, 0.15) is 11.7 Å². The molecule has 1 fully saturated rings. The van der Waals surface area contributed by atoms with Gasteiger partial charge in [0.2, 0.25) is 11.8 Å². The molecule has 1 amide bonds. The average Bonchev–Trinajstić information content (AvgIpc) is 3.23. The summed E-state index contributed by atoms with van der Waals surface area (Å²) in [6.45, 7) is 9.37. The first-order valence-corrected chi connectivity index (χ1v) is 14.3. The van der Waals surface area contributed by atoms with Gasteiger partial charge in [0.15, 0.2) is 0 Å². The Kier molecular flexibility index (Phi) is 8.01. The number of nitrogens with two attached hydrogens (primary N) is 1. The fourth-order valence-corrected chi connectivity index (χ4v) is 5.56. The maximum absolute atomic E-state index is 13.1. The maximum atomic E-state index is 13.1. The molecule has 2 unspecified atom stereocenters. The van der Waals surface area contributed by atoms with Crippen LogP contribution in [-0.4, -0.2) is 42.2 Å². The lowest BCUT2D eigenvalue weighted by atomic mass is 10.00. The minimum atomic E-state index is -4.01. The first-order valence-electron chi connectivity index (χ1n) is 12.8. The minimum Gasteiger partial charge on any atom is -0.474 e. The summed E-state index contributed by atoms with van der Waals surface area (Å²) in [7, 11) is -4.01. The summed E-state index contributed by atoms with van der Waals surface area (Å²) in [4.78, 5) is 21.1. The molecule has 39 heavy (non-hydrogen) atoms. The number of benzene rings is 2. The van der Waals surface area contributed by atoms with Gasteiger partial charge in [-0.2, -0.15) is 4.98 Å². The van der Waals surface area contributed by atoms with Crippen LogP contribution >= 0.6 is 0 Å². The van der Waals surface area contributed by atoms with Crippen LogP contribution in [0.2, 0.25) is 0 Å². The zero-order valence-electron chi connectivity index (χ0n) is 22.8. The first kappa shape index (κ1) is 28.2. The van der Waals surface area contributed by atoms with Crippen molar-refractivity contribution in [1.29, 1.82) is 0 Å². The highest BCUT2D eigenvalue weighted by atomic mass is 32.2. The lowest BCUT2D eigenvalue weighted by molar-refractivity contribution is 0.0502. The number of nitrogen functional groups attached to an aromatic ring is 1. The molecule has 0 spiro atoms. The molecule has 4 N–H and O–H groups in total. The molecular weight excluding hydrogens is 518 g/mol. The molecule has 0 aliphatic heterocycles. The fraction of sp³-hybridized carbons (Fsp3) is 0.393. The Morgan fingerprint density at radius 3 is 2.38 bits per heavy atom. The Bertz CT molecular complexity index is 1450. The molecule has 2 atom stereocenters. The van der Waals surface area contributed by atoms with Crippen molar-refractivity contribution in [3.8, 4) is 17.1 Å². The number of sulfonamides is 1. The number of aromatic nitrogens is 2. The van der Waals surface area contributed by atoms with Crippen molar-refractivity contribution >= 4 is 27.8 Å². The Morgan fingerprint density at radius 1 is 1.03 bits per heavy atom. The van der Waals surface area contributed by atoms with Crippen LogP contribution in [0.1, 0.15) is 51.2 Å². The van der Waals surface area contributed by atoms with E-state index in [0.29, 0.717) is 30.6 Å².